The molecule has 10 heteroatoms. The molecule has 0 aliphatic heterocycles. The van der Waals surface area contributed by atoms with E-state index in [2.05, 4.69) is 12.2 Å². The predicted molar refractivity (Wildman–Crippen MR) is 151 cm³/mol. The van der Waals surface area contributed by atoms with E-state index in [0.29, 0.717) is 6.42 Å². The van der Waals surface area contributed by atoms with Gasteiger partial charge in [-0.25, -0.2) is 0 Å². The van der Waals surface area contributed by atoms with Crippen LogP contribution >= 0.6 is 0 Å². The Kier molecular flexibility index (Phi) is 37.1. The Bertz CT molecular complexity index is 551. The Labute approximate surface area is 271 Å². The fourth-order valence-electron chi connectivity index (χ4n) is 3.48. The Morgan fingerprint density at radius 3 is 1.38 bits per heavy atom. The van der Waals surface area contributed by atoms with Crippen LogP contribution in [0.2, 0.25) is 0 Å². The molecule has 5 N–H and O–H groups in total. The number of unbranched alkanes of at least 4 members (excludes halogenated alkanes) is 14. The summed E-state index contributed by atoms with van der Waals surface area (Å²) >= 11 is 0. The summed E-state index contributed by atoms with van der Waals surface area (Å²) in [5, 5.41) is 37.5. The number of hydrogen-bond donors (Lipinski definition) is 5. The molecule has 0 saturated heterocycles. The zero-order valence-electron chi connectivity index (χ0n) is 23.9. The molecule has 8 nitrogen and oxygen atoms in total. The van der Waals surface area contributed by atoms with Crippen LogP contribution in [0.25, 0.3) is 0 Å². The first kappa shape index (κ1) is 44.4. The number of carboxylic acids is 2. The quantitative estimate of drug-likeness (QED) is 0.0954. The summed E-state index contributed by atoms with van der Waals surface area (Å²) in [4.78, 5) is 31.7. The molecule has 0 bridgehead atoms. The molecule has 0 aromatic carbocycles. The molecule has 0 unspecified atom stereocenters. The molecule has 0 fully saturated rings. The average Bonchev–Trinajstić information content (AvgIpc) is 2.81. The summed E-state index contributed by atoms with van der Waals surface area (Å²) in [5.41, 5.74) is -0.937. The van der Waals surface area contributed by atoms with Crippen molar-refractivity contribution in [2.24, 2.45) is 5.41 Å². The van der Waals surface area contributed by atoms with Gasteiger partial charge in [-0.1, -0.05) is 111 Å². The van der Waals surface area contributed by atoms with Crippen LogP contribution in [0.15, 0.2) is 0 Å². The molecular formula is C27H53CaMgNO7+4. The fraction of sp³-hybridized carbons (Fsp3) is 0.889. The largest absolute Gasteiger partial charge is 2.00 e. The van der Waals surface area contributed by atoms with Crippen LogP contribution in [0, 0.1) is 5.41 Å². The van der Waals surface area contributed by atoms with E-state index in [1.54, 1.807) is 0 Å². The third-order valence-electron chi connectivity index (χ3n) is 6.03. The Morgan fingerprint density at radius 2 is 1.05 bits per heavy atom. The van der Waals surface area contributed by atoms with Gasteiger partial charge in [-0.2, -0.15) is 0 Å². The van der Waals surface area contributed by atoms with Gasteiger partial charge in [0, 0.05) is 18.4 Å². The SMILES string of the molecule is CC(C)(CO)[C@@H](O)C(=O)NCCC(=O)O.CCCCCCCCCCCCCCCCCC(=O)O.[Ca+2].[Mg+2]. The molecule has 0 aliphatic rings. The van der Waals surface area contributed by atoms with Crippen LogP contribution in [0.3, 0.4) is 0 Å². The predicted octanol–water partition coefficient (Wildman–Crippen LogP) is 4.53. The second kappa shape index (κ2) is 30.9. The number of aliphatic carboxylic acids is 2. The van der Waals surface area contributed by atoms with Gasteiger partial charge in [-0.3, -0.25) is 14.4 Å². The topological polar surface area (TPSA) is 144 Å². The van der Waals surface area contributed by atoms with E-state index in [4.69, 9.17) is 15.3 Å². The average molecular weight is 568 g/mol. The summed E-state index contributed by atoms with van der Waals surface area (Å²) in [6.07, 6.45) is 18.7. The van der Waals surface area contributed by atoms with E-state index in [1.165, 1.54) is 97.3 Å². The van der Waals surface area contributed by atoms with E-state index < -0.39 is 29.4 Å². The maximum atomic E-state index is 11.3. The molecule has 0 saturated carbocycles. The first-order chi connectivity index (χ1) is 16.6. The number of aliphatic hydroxyl groups is 2. The van der Waals surface area contributed by atoms with Crippen molar-refractivity contribution in [3.05, 3.63) is 0 Å². The van der Waals surface area contributed by atoms with Crippen LogP contribution in [-0.2, 0) is 14.4 Å². The number of amides is 1. The number of hydrogen-bond acceptors (Lipinski definition) is 5. The zero-order valence-corrected chi connectivity index (χ0v) is 27.6. The molecule has 0 aromatic heterocycles. The van der Waals surface area contributed by atoms with Crippen LogP contribution < -0.4 is 5.32 Å². The molecule has 1 atom stereocenters. The number of rotatable bonds is 22. The minimum atomic E-state index is -1.35. The maximum Gasteiger partial charge on any atom is 2.00 e. The molecule has 0 rings (SSSR count). The van der Waals surface area contributed by atoms with Crippen LogP contribution in [0.4, 0.5) is 0 Å². The van der Waals surface area contributed by atoms with Gasteiger partial charge in [0.2, 0.25) is 5.91 Å². The molecule has 1 amide bonds. The van der Waals surface area contributed by atoms with Crippen molar-refractivity contribution in [3.63, 3.8) is 0 Å². The van der Waals surface area contributed by atoms with Crippen molar-refractivity contribution in [2.45, 2.75) is 136 Å². The smallest absolute Gasteiger partial charge is 0.481 e. The number of carboxylic acid groups (broad SMARTS) is 2. The summed E-state index contributed by atoms with van der Waals surface area (Å²) in [6, 6.07) is 0. The molecule has 0 aliphatic carbocycles. The van der Waals surface area contributed by atoms with E-state index >= 15 is 0 Å². The molecule has 0 aromatic rings. The fourth-order valence-corrected chi connectivity index (χ4v) is 3.48. The van der Waals surface area contributed by atoms with Crippen molar-refractivity contribution in [3.8, 4) is 0 Å². The van der Waals surface area contributed by atoms with Gasteiger partial charge < -0.3 is 25.7 Å². The van der Waals surface area contributed by atoms with Gasteiger partial charge in [-0.15, -0.1) is 0 Å². The summed E-state index contributed by atoms with van der Waals surface area (Å²) < 4.78 is 0. The number of carbonyl (C=O) groups excluding carboxylic acids is 1. The first-order valence-electron chi connectivity index (χ1n) is 13.6. The van der Waals surface area contributed by atoms with E-state index in [0.717, 1.165) is 12.8 Å². The van der Waals surface area contributed by atoms with Crippen molar-refractivity contribution < 1.29 is 34.8 Å². The molecule has 0 spiro atoms. The summed E-state index contributed by atoms with van der Waals surface area (Å²) in [7, 11) is 0. The number of aliphatic hydroxyl groups excluding tert-OH is 2. The van der Waals surface area contributed by atoms with Gasteiger partial charge in [0.05, 0.1) is 13.0 Å². The molecule has 208 valence electrons. The molecular weight excluding hydrogens is 515 g/mol. The van der Waals surface area contributed by atoms with Gasteiger partial charge in [0.15, 0.2) is 0 Å². The molecule has 0 heterocycles. The Balaban J connectivity index is -0.000000289. The van der Waals surface area contributed by atoms with Crippen LogP contribution in [-0.4, -0.2) is 118 Å². The number of nitrogens with one attached hydrogen (secondary N) is 1. The summed E-state index contributed by atoms with van der Waals surface area (Å²) in [5.74, 6) is -2.35. The third kappa shape index (κ3) is 32.5. The van der Waals surface area contributed by atoms with Gasteiger partial charge in [-0.05, 0) is 6.42 Å². The van der Waals surface area contributed by atoms with E-state index in [9.17, 15) is 19.5 Å². The van der Waals surface area contributed by atoms with Gasteiger partial charge >= 0.3 is 72.7 Å². The standard InChI is InChI=1S/C18H36O2.C9H17NO5.Ca.Mg/c1-2-3-4-5-6-7-8-9-10-11-12-13-14-15-16-17-18(19)20;1-9(2,5-11)7(14)8(15)10-4-3-6(12)13;;/h2-17H2,1H3,(H,19,20);7,11,14H,3-5H2,1-2H3,(H,10,15)(H,12,13);;/q;;2*+2/t;7-;;/m.0../s1. The third-order valence-corrected chi connectivity index (χ3v) is 6.03. The van der Waals surface area contributed by atoms with Crippen LogP contribution in [0.1, 0.15) is 130 Å². The minimum absolute atomic E-state index is 0. The van der Waals surface area contributed by atoms with Crippen molar-refractivity contribution in [2.75, 3.05) is 13.2 Å². The summed E-state index contributed by atoms with van der Waals surface area (Å²) in [6.45, 7) is 4.97. The van der Waals surface area contributed by atoms with Crippen molar-refractivity contribution in [1.29, 1.82) is 0 Å². The van der Waals surface area contributed by atoms with E-state index in [-0.39, 0.29) is 80.4 Å². The Morgan fingerprint density at radius 1 is 0.703 bits per heavy atom. The zero-order chi connectivity index (χ0) is 27.0. The van der Waals surface area contributed by atoms with Crippen molar-refractivity contribution >= 4 is 78.6 Å². The number of carbonyl (C=O) groups is 3. The van der Waals surface area contributed by atoms with E-state index in [1.807, 2.05) is 0 Å². The van der Waals surface area contributed by atoms with Gasteiger partial charge in [0.1, 0.15) is 6.10 Å². The molecule has 37 heavy (non-hydrogen) atoms. The second-order valence-electron chi connectivity index (χ2n) is 10.1. The first-order valence-corrected chi connectivity index (χ1v) is 13.6. The Hall–Kier alpha value is 0.356. The van der Waals surface area contributed by atoms with Crippen molar-refractivity contribution in [1.82, 2.24) is 5.32 Å². The maximum absolute atomic E-state index is 11.3. The second-order valence-corrected chi connectivity index (χ2v) is 10.1. The minimum Gasteiger partial charge on any atom is -0.481 e. The van der Waals surface area contributed by atoms with Gasteiger partial charge in [0.25, 0.3) is 0 Å². The molecule has 0 radical (unpaired) electrons. The monoisotopic (exact) mass is 567 g/mol. The normalized spacial score (nSPS) is 11.3. The van der Waals surface area contributed by atoms with Crippen LogP contribution in [0.5, 0.6) is 0 Å².